The van der Waals surface area contributed by atoms with Crippen molar-refractivity contribution in [3.8, 4) is 11.1 Å². The Morgan fingerprint density at radius 2 is 1.39 bits per heavy atom. The molecule has 31 heavy (non-hydrogen) atoms. The molecule has 0 radical (unpaired) electrons. The summed E-state index contributed by atoms with van der Waals surface area (Å²) in [6, 6.07) is 10.9. The van der Waals surface area contributed by atoms with Crippen LogP contribution in [-0.4, -0.2) is 22.3 Å². The molecule has 0 fully saturated rings. The minimum Gasteiger partial charge on any atom is -0.423 e. The third kappa shape index (κ3) is 6.83. The van der Waals surface area contributed by atoms with Crippen LogP contribution in [0.3, 0.4) is 0 Å². The topological polar surface area (TPSA) is 60.7 Å². The zero-order valence-electron chi connectivity index (χ0n) is 16.0. The highest BCUT2D eigenvalue weighted by molar-refractivity contribution is 7.12. The molecule has 3 aromatic rings. The molecule has 3 N–H and O–H groups in total. The van der Waals surface area contributed by atoms with Crippen molar-refractivity contribution in [1.82, 2.24) is 0 Å². The van der Waals surface area contributed by atoms with Crippen molar-refractivity contribution in [2.75, 3.05) is 0 Å². The van der Waals surface area contributed by atoms with Crippen LogP contribution in [0.5, 0.6) is 0 Å². The third-order valence-electron chi connectivity index (χ3n) is 4.14. The van der Waals surface area contributed by atoms with Crippen LogP contribution in [0.2, 0.25) is 0 Å². The zero-order valence-corrected chi connectivity index (χ0v) is 16.8. The van der Waals surface area contributed by atoms with E-state index in [4.69, 9.17) is 15.2 Å². The second kappa shape index (κ2) is 9.86. The van der Waals surface area contributed by atoms with Crippen molar-refractivity contribution >= 4 is 23.9 Å². The fourth-order valence-corrected chi connectivity index (χ4v) is 3.57. The Bertz CT molecular complexity index is 1010. The number of aliphatic hydroxyl groups is 1. The Labute approximate surface area is 178 Å². The summed E-state index contributed by atoms with van der Waals surface area (Å²) in [7, 11) is -1.87. The second-order valence-electron chi connectivity index (χ2n) is 6.42. The predicted octanol–water partition coefficient (Wildman–Crippen LogP) is 4.62. The van der Waals surface area contributed by atoms with Gasteiger partial charge in [-0.25, -0.2) is 0 Å². The van der Waals surface area contributed by atoms with E-state index in [1.807, 2.05) is 6.92 Å². The van der Waals surface area contributed by atoms with E-state index in [9.17, 15) is 26.3 Å². The fourth-order valence-electron chi connectivity index (χ4n) is 2.65. The smallest absolute Gasteiger partial charge is 0.423 e. The van der Waals surface area contributed by atoms with Gasteiger partial charge in [-0.1, -0.05) is 36.4 Å². The normalized spacial score (nSPS) is 11.7. The summed E-state index contributed by atoms with van der Waals surface area (Å²) in [5, 5.41) is 26.2. The van der Waals surface area contributed by atoms with Gasteiger partial charge in [-0.3, -0.25) is 0 Å². The summed E-state index contributed by atoms with van der Waals surface area (Å²) in [5.41, 5.74) is -0.447. The first-order valence-electron chi connectivity index (χ1n) is 8.74. The summed E-state index contributed by atoms with van der Waals surface area (Å²) in [4.78, 5) is 1.65. The van der Waals surface area contributed by atoms with Crippen LogP contribution >= 0.6 is 11.3 Å². The Kier molecular flexibility index (Phi) is 7.93. The minimum absolute atomic E-state index is 0.0928. The molecule has 0 amide bonds. The van der Waals surface area contributed by atoms with Gasteiger partial charge in [0.25, 0.3) is 0 Å². The molecule has 0 aliphatic heterocycles. The molecular formula is C20H17BF6O3S. The third-order valence-corrected chi connectivity index (χ3v) is 5.17. The number of hydrogen-bond acceptors (Lipinski definition) is 4. The number of halogens is 6. The average molecular weight is 462 g/mol. The second-order valence-corrected chi connectivity index (χ2v) is 7.76. The molecule has 11 heteroatoms. The van der Waals surface area contributed by atoms with E-state index in [0.717, 1.165) is 39.6 Å². The van der Waals surface area contributed by atoms with Gasteiger partial charge in [-0.05, 0) is 41.7 Å². The molecule has 1 heterocycles. The van der Waals surface area contributed by atoms with Gasteiger partial charge >= 0.3 is 19.5 Å². The maximum Gasteiger partial charge on any atom is 0.488 e. The van der Waals surface area contributed by atoms with Crippen LogP contribution in [0.15, 0.2) is 54.6 Å². The van der Waals surface area contributed by atoms with E-state index in [0.29, 0.717) is 11.6 Å². The first-order chi connectivity index (χ1) is 14.3. The van der Waals surface area contributed by atoms with Gasteiger partial charge in [0, 0.05) is 9.75 Å². The van der Waals surface area contributed by atoms with E-state index < -0.39 is 30.6 Å². The number of benzene rings is 2. The molecule has 3 rings (SSSR count). The summed E-state index contributed by atoms with van der Waals surface area (Å²) in [6.45, 7) is 1.74. The first-order valence-corrected chi connectivity index (χ1v) is 9.55. The van der Waals surface area contributed by atoms with Crippen molar-refractivity contribution in [3.63, 3.8) is 0 Å². The molecule has 0 saturated carbocycles. The number of alkyl halides is 6. The Balaban J connectivity index is 0.000000233. The van der Waals surface area contributed by atoms with Crippen molar-refractivity contribution in [1.29, 1.82) is 0 Å². The van der Waals surface area contributed by atoms with Gasteiger partial charge in [0.2, 0.25) is 0 Å². The SMILES string of the molecule is Cc1sc(CO)cc1-c1cccc(C(F)(F)F)c1.OB(O)c1cccc(C(F)(F)F)c1. The lowest BCUT2D eigenvalue weighted by atomic mass is 9.79. The van der Waals surface area contributed by atoms with Crippen LogP contribution in [0.25, 0.3) is 11.1 Å². The van der Waals surface area contributed by atoms with E-state index in [1.54, 1.807) is 12.1 Å². The molecule has 0 unspecified atom stereocenters. The number of aliphatic hydroxyl groups excluding tert-OH is 1. The summed E-state index contributed by atoms with van der Waals surface area (Å²) in [6.07, 6.45) is -8.79. The summed E-state index contributed by atoms with van der Waals surface area (Å²) < 4.78 is 74.1. The lowest BCUT2D eigenvalue weighted by Crippen LogP contribution is -2.30. The Hall–Kier alpha value is -2.34. The van der Waals surface area contributed by atoms with Crippen LogP contribution in [0.1, 0.15) is 20.9 Å². The van der Waals surface area contributed by atoms with Crippen molar-refractivity contribution < 1.29 is 41.5 Å². The predicted molar refractivity (Wildman–Crippen MR) is 107 cm³/mol. The van der Waals surface area contributed by atoms with Crippen molar-refractivity contribution in [2.45, 2.75) is 25.9 Å². The Morgan fingerprint density at radius 3 is 1.87 bits per heavy atom. The monoisotopic (exact) mass is 462 g/mol. The van der Waals surface area contributed by atoms with Crippen LogP contribution in [0, 0.1) is 6.92 Å². The van der Waals surface area contributed by atoms with E-state index >= 15 is 0 Å². The highest BCUT2D eigenvalue weighted by Crippen LogP contribution is 2.35. The molecule has 0 bridgehead atoms. The molecular weight excluding hydrogens is 445 g/mol. The highest BCUT2D eigenvalue weighted by Gasteiger charge is 2.31. The van der Waals surface area contributed by atoms with E-state index in [-0.39, 0.29) is 12.1 Å². The molecule has 0 spiro atoms. The number of aryl methyl sites for hydroxylation is 1. The molecule has 0 saturated heterocycles. The maximum atomic E-state index is 12.6. The highest BCUT2D eigenvalue weighted by atomic mass is 32.1. The van der Waals surface area contributed by atoms with Crippen LogP contribution in [0.4, 0.5) is 26.3 Å². The summed E-state index contributed by atoms with van der Waals surface area (Å²) in [5.74, 6) is 0. The van der Waals surface area contributed by atoms with E-state index in [1.165, 1.54) is 23.5 Å². The number of thiophene rings is 1. The standard InChI is InChI=1S/C13H11F3OS.C7H6BF3O2/c1-8-12(6-11(7-17)18-8)9-3-2-4-10(5-9)13(14,15)16;9-7(10,11)5-2-1-3-6(4-5)8(12)13/h2-6,17H,7H2,1H3;1-4,12-13H. The lowest BCUT2D eigenvalue weighted by molar-refractivity contribution is -0.138. The first kappa shape index (κ1) is 24.9. The molecule has 1 aromatic heterocycles. The molecule has 166 valence electrons. The zero-order chi connectivity index (χ0) is 23.4. The van der Waals surface area contributed by atoms with Gasteiger partial charge in [0.05, 0.1) is 17.7 Å². The molecule has 2 aromatic carbocycles. The largest absolute Gasteiger partial charge is 0.488 e. The van der Waals surface area contributed by atoms with Gasteiger partial charge < -0.3 is 15.2 Å². The fraction of sp³-hybridized carbons (Fsp3) is 0.200. The molecule has 3 nitrogen and oxygen atoms in total. The maximum absolute atomic E-state index is 12.6. The van der Waals surface area contributed by atoms with E-state index in [2.05, 4.69) is 0 Å². The Morgan fingerprint density at radius 1 is 0.839 bits per heavy atom. The van der Waals surface area contributed by atoms with Crippen molar-refractivity contribution in [2.24, 2.45) is 0 Å². The van der Waals surface area contributed by atoms with Gasteiger partial charge in [-0.15, -0.1) is 11.3 Å². The van der Waals surface area contributed by atoms with Gasteiger partial charge in [0.1, 0.15) is 0 Å². The van der Waals surface area contributed by atoms with Crippen LogP contribution in [-0.2, 0) is 19.0 Å². The molecule has 0 aliphatic carbocycles. The quantitative estimate of drug-likeness (QED) is 0.394. The molecule has 0 aliphatic rings. The van der Waals surface area contributed by atoms with Crippen molar-refractivity contribution in [3.05, 3.63) is 75.5 Å². The average Bonchev–Trinajstić information content (AvgIpc) is 3.08. The van der Waals surface area contributed by atoms with Gasteiger partial charge in [-0.2, -0.15) is 26.3 Å². The number of hydrogen-bond donors (Lipinski definition) is 3. The van der Waals surface area contributed by atoms with Gasteiger partial charge in [0.15, 0.2) is 0 Å². The van der Waals surface area contributed by atoms with Crippen LogP contribution < -0.4 is 5.46 Å². The lowest BCUT2D eigenvalue weighted by Gasteiger charge is -2.08. The summed E-state index contributed by atoms with van der Waals surface area (Å²) >= 11 is 1.39. The number of rotatable bonds is 3. The minimum atomic E-state index is -4.45. The molecule has 0 atom stereocenters.